The first-order valence-electron chi connectivity index (χ1n) is 9.97. The molecule has 1 heterocycles. The molecular weight excluding hydrogens is 396 g/mol. The van der Waals surface area contributed by atoms with E-state index in [1.165, 1.54) is 0 Å². The summed E-state index contributed by atoms with van der Waals surface area (Å²) >= 11 is 0. The first-order valence-corrected chi connectivity index (χ1v) is 11.6. The van der Waals surface area contributed by atoms with Crippen LogP contribution in [-0.4, -0.2) is 20.9 Å². The number of rotatable bonds is 5. The Morgan fingerprint density at radius 1 is 1.00 bits per heavy atom. The van der Waals surface area contributed by atoms with Gasteiger partial charge in [-0.2, -0.15) is 0 Å². The van der Waals surface area contributed by atoms with E-state index in [1.54, 1.807) is 11.0 Å². The Labute approximate surface area is 177 Å². The Balaban J connectivity index is 1.53. The zero-order valence-corrected chi connectivity index (χ0v) is 17.7. The van der Waals surface area contributed by atoms with Crippen molar-refractivity contribution in [3.8, 4) is 0 Å². The van der Waals surface area contributed by atoms with Crippen molar-refractivity contribution >= 4 is 27.3 Å². The quantitative estimate of drug-likeness (QED) is 0.659. The maximum atomic E-state index is 12.9. The molecule has 0 saturated carbocycles. The zero-order chi connectivity index (χ0) is 21.1. The summed E-state index contributed by atoms with van der Waals surface area (Å²) in [5, 5.41) is 0. The maximum absolute atomic E-state index is 12.9. The van der Waals surface area contributed by atoms with Gasteiger partial charge in [-0.3, -0.25) is 9.52 Å². The third-order valence-corrected chi connectivity index (χ3v) is 6.47. The third kappa shape index (κ3) is 4.54. The molecule has 4 rings (SSSR count). The Morgan fingerprint density at radius 3 is 2.47 bits per heavy atom. The molecule has 0 radical (unpaired) electrons. The van der Waals surface area contributed by atoms with Crippen LogP contribution in [-0.2, 0) is 22.2 Å². The Kier molecular flexibility index (Phi) is 5.59. The van der Waals surface area contributed by atoms with Crippen molar-refractivity contribution in [2.24, 2.45) is 0 Å². The first kappa shape index (κ1) is 20.2. The van der Waals surface area contributed by atoms with Crippen LogP contribution in [0.25, 0.3) is 0 Å². The molecule has 5 nitrogen and oxygen atoms in total. The number of amides is 1. The highest BCUT2D eigenvalue weighted by molar-refractivity contribution is 7.91. The topological polar surface area (TPSA) is 66.5 Å². The van der Waals surface area contributed by atoms with Crippen molar-refractivity contribution in [3.63, 3.8) is 0 Å². The highest BCUT2D eigenvalue weighted by Gasteiger charge is 2.24. The molecule has 3 aromatic carbocycles. The van der Waals surface area contributed by atoms with E-state index in [0.29, 0.717) is 17.8 Å². The monoisotopic (exact) mass is 420 g/mol. The Bertz CT molecular complexity index is 1160. The average Bonchev–Trinajstić information content (AvgIpc) is 2.74. The minimum absolute atomic E-state index is 0.0377. The van der Waals surface area contributed by atoms with Crippen molar-refractivity contribution in [3.05, 3.63) is 95.1 Å². The number of carbonyl (C=O) groups is 1. The van der Waals surface area contributed by atoms with Gasteiger partial charge >= 0.3 is 0 Å². The summed E-state index contributed by atoms with van der Waals surface area (Å²) in [6, 6.07) is 22.1. The lowest BCUT2D eigenvalue weighted by Gasteiger charge is -2.30. The van der Waals surface area contributed by atoms with Gasteiger partial charge in [-0.15, -0.1) is 0 Å². The lowest BCUT2D eigenvalue weighted by atomic mass is 10.00. The minimum atomic E-state index is -3.53. The number of hydrogen-bond donors (Lipinski definition) is 1. The highest BCUT2D eigenvalue weighted by atomic mass is 32.2. The predicted molar refractivity (Wildman–Crippen MR) is 120 cm³/mol. The number of sulfonamides is 1. The second-order valence-corrected chi connectivity index (χ2v) is 9.34. The van der Waals surface area contributed by atoms with Gasteiger partial charge in [0.2, 0.25) is 10.0 Å². The molecule has 154 valence electrons. The van der Waals surface area contributed by atoms with Gasteiger partial charge in [-0.05, 0) is 61.2 Å². The number of anilines is 2. The molecule has 0 atom stereocenters. The number of benzene rings is 3. The van der Waals surface area contributed by atoms with E-state index in [4.69, 9.17) is 0 Å². The summed E-state index contributed by atoms with van der Waals surface area (Å²) in [5.74, 6) is -0.118. The largest absolute Gasteiger partial charge is 0.308 e. The Morgan fingerprint density at radius 2 is 1.73 bits per heavy atom. The van der Waals surface area contributed by atoms with Gasteiger partial charge in [0.1, 0.15) is 0 Å². The summed E-state index contributed by atoms with van der Waals surface area (Å²) in [4.78, 5) is 14.7. The fourth-order valence-electron chi connectivity index (χ4n) is 3.73. The highest BCUT2D eigenvalue weighted by Crippen LogP contribution is 2.31. The van der Waals surface area contributed by atoms with Gasteiger partial charge in [0.05, 0.1) is 5.75 Å². The van der Waals surface area contributed by atoms with Crippen molar-refractivity contribution in [2.75, 3.05) is 16.2 Å². The summed E-state index contributed by atoms with van der Waals surface area (Å²) in [5.41, 5.74) is 4.82. The fraction of sp³-hybridized carbons (Fsp3) is 0.208. The molecule has 0 saturated heterocycles. The van der Waals surface area contributed by atoms with Gasteiger partial charge in [0.15, 0.2) is 0 Å². The first-order chi connectivity index (χ1) is 14.4. The van der Waals surface area contributed by atoms with Crippen molar-refractivity contribution in [1.82, 2.24) is 0 Å². The number of nitrogens with one attached hydrogen (secondary N) is 1. The molecule has 6 heteroatoms. The third-order valence-electron chi connectivity index (χ3n) is 5.21. The van der Waals surface area contributed by atoms with Crippen LogP contribution >= 0.6 is 0 Å². The number of fused-ring (bicyclic) bond motifs is 1. The molecular formula is C24H24N2O3S. The van der Waals surface area contributed by atoms with Crippen molar-refractivity contribution in [1.29, 1.82) is 0 Å². The van der Waals surface area contributed by atoms with Crippen molar-refractivity contribution in [2.45, 2.75) is 25.5 Å². The molecule has 0 aromatic heterocycles. The van der Waals surface area contributed by atoms with Gasteiger partial charge in [0, 0.05) is 23.5 Å². The van der Waals surface area contributed by atoms with E-state index in [9.17, 15) is 13.2 Å². The summed E-state index contributed by atoms with van der Waals surface area (Å²) in [6.45, 7) is 2.62. The smallest absolute Gasteiger partial charge is 0.258 e. The molecule has 3 aromatic rings. The standard InChI is InChI=1S/C24H24N2O3S/c1-18-9-11-19(12-10-18)17-30(28,29)25-22-13-14-23-21(16-22)8-5-15-26(23)24(27)20-6-3-2-4-7-20/h2-4,6-7,9-14,16,25H,5,8,15,17H2,1H3. The van der Waals surface area contributed by atoms with Crippen LogP contribution in [0.5, 0.6) is 0 Å². The molecule has 0 fully saturated rings. The summed E-state index contributed by atoms with van der Waals surface area (Å²) < 4.78 is 27.9. The molecule has 30 heavy (non-hydrogen) atoms. The van der Waals surface area contributed by atoms with Crippen LogP contribution in [0.15, 0.2) is 72.8 Å². The number of aryl methyl sites for hydroxylation is 2. The summed E-state index contributed by atoms with van der Waals surface area (Å²) in [6.07, 6.45) is 1.65. The lowest BCUT2D eigenvalue weighted by molar-refractivity contribution is 0.0985. The van der Waals surface area contributed by atoms with Gasteiger partial charge in [-0.1, -0.05) is 48.0 Å². The van der Waals surface area contributed by atoms with E-state index in [-0.39, 0.29) is 11.7 Å². The second-order valence-electron chi connectivity index (χ2n) is 7.62. The molecule has 1 amide bonds. The van der Waals surface area contributed by atoms with Gasteiger partial charge in [0.25, 0.3) is 5.91 Å². The molecule has 0 unspecified atom stereocenters. The number of hydrogen-bond acceptors (Lipinski definition) is 3. The van der Waals surface area contributed by atoms with Gasteiger partial charge in [-0.25, -0.2) is 8.42 Å². The van der Waals surface area contributed by atoms with E-state index in [1.807, 2.05) is 73.7 Å². The van der Waals surface area contributed by atoms with Crippen LogP contribution in [0, 0.1) is 6.92 Å². The van der Waals surface area contributed by atoms with Crippen LogP contribution < -0.4 is 9.62 Å². The number of carbonyl (C=O) groups excluding carboxylic acids is 1. The second kappa shape index (κ2) is 8.32. The van der Waals surface area contributed by atoms with Crippen LogP contribution in [0.2, 0.25) is 0 Å². The van der Waals surface area contributed by atoms with Crippen LogP contribution in [0.1, 0.15) is 33.5 Å². The van der Waals surface area contributed by atoms with Crippen LogP contribution in [0.4, 0.5) is 11.4 Å². The lowest BCUT2D eigenvalue weighted by Crippen LogP contribution is -2.35. The molecule has 1 aliphatic heterocycles. The number of nitrogens with zero attached hydrogens (tertiary/aromatic N) is 1. The Hall–Kier alpha value is -3.12. The molecule has 0 bridgehead atoms. The van der Waals surface area contributed by atoms with E-state index < -0.39 is 10.0 Å². The normalized spacial score (nSPS) is 13.6. The van der Waals surface area contributed by atoms with E-state index in [0.717, 1.165) is 35.2 Å². The predicted octanol–water partition coefficient (Wildman–Crippen LogP) is 4.53. The average molecular weight is 421 g/mol. The maximum Gasteiger partial charge on any atom is 0.258 e. The van der Waals surface area contributed by atoms with Crippen LogP contribution in [0.3, 0.4) is 0 Å². The van der Waals surface area contributed by atoms with Crippen molar-refractivity contribution < 1.29 is 13.2 Å². The van der Waals surface area contributed by atoms with Gasteiger partial charge < -0.3 is 4.90 Å². The summed E-state index contributed by atoms with van der Waals surface area (Å²) in [7, 11) is -3.53. The SMILES string of the molecule is Cc1ccc(CS(=O)(=O)Nc2ccc3c(c2)CCCN3C(=O)c2ccccc2)cc1. The minimum Gasteiger partial charge on any atom is -0.308 e. The molecule has 0 spiro atoms. The molecule has 1 aliphatic rings. The van der Waals surface area contributed by atoms with E-state index >= 15 is 0 Å². The van der Waals surface area contributed by atoms with E-state index in [2.05, 4.69) is 4.72 Å². The molecule has 1 N–H and O–H groups in total. The zero-order valence-electron chi connectivity index (χ0n) is 16.8. The molecule has 0 aliphatic carbocycles. The fourth-order valence-corrected chi connectivity index (χ4v) is 4.92.